The molecule has 2 N–H and O–H groups in total. The van der Waals surface area contributed by atoms with Crippen molar-refractivity contribution in [2.24, 2.45) is 5.92 Å². The van der Waals surface area contributed by atoms with Gasteiger partial charge < -0.3 is 20.1 Å². The summed E-state index contributed by atoms with van der Waals surface area (Å²) in [7, 11) is 2.14. The van der Waals surface area contributed by atoms with Crippen LogP contribution in [0.3, 0.4) is 0 Å². The average Bonchev–Trinajstić information content (AvgIpc) is 3.00. The lowest BCUT2D eigenvalue weighted by molar-refractivity contribution is -0.124. The molecule has 2 aliphatic heterocycles. The number of fused-ring (bicyclic) bond motifs is 1. The fourth-order valence-electron chi connectivity index (χ4n) is 4.46. The lowest BCUT2D eigenvalue weighted by Crippen LogP contribution is -2.45. The molecule has 2 fully saturated rings. The summed E-state index contributed by atoms with van der Waals surface area (Å²) in [4.78, 5) is 17.4. The third kappa shape index (κ3) is 4.45. The van der Waals surface area contributed by atoms with Crippen LogP contribution >= 0.6 is 0 Å². The Balaban J connectivity index is 1.42. The van der Waals surface area contributed by atoms with Crippen LogP contribution in [0.1, 0.15) is 36.4 Å². The van der Waals surface area contributed by atoms with Crippen molar-refractivity contribution in [2.75, 3.05) is 46.4 Å². The zero-order chi connectivity index (χ0) is 18.8. The first-order chi connectivity index (χ1) is 13.1. The van der Waals surface area contributed by atoms with E-state index in [-0.39, 0.29) is 18.1 Å². The van der Waals surface area contributed by atoms with Crippen molar-refractivity contribution in [2.45, 2.75) is 37.8 Å². The smallest absolute Gasteiger partial charge is 0.234 e. The summed E-state index contributed by atoms with van der Waals surface area (Å²) in [6.45, 7) is 5.21. The molecule has 6 heteroatoms. The number of aliphatic hydroxyl groups excluding tert-OH is 1. The van der Waals surface area contributed by atoms with E-state index >= 15 is 0 Å². The van der Waals surface area contributed by atoms with Crippen LogP contribution in [0.5, 0.6) is 5.75 Å². The second-order valence-corrected chi connectivity index (χ2v) is 8.33. The van der Waals surface area contributed by atoms with Crippen LogP contribution in [-0.4, -0.2) is 73.3 Å². The molecule has 1 aromatic carbocycles. The number of hydrogen-bond acceptors (Lipinski definition) is 5. The number of amides is 1. The van der Waals surface area contributed by atoms with Gasteiger partial charge in [-0.05, 0) is 68.6 Å². The van der Waals surface area contributed by atoms with E-state index in [1.165, 1.54) is 5.56 Å². The molecule has 1 saturated heterocycles. The van der Waals surface area contributed by atoms with E-state index in [4.69, 9.17) is 4.74 Å². The summed E-state index contributed by atoms with van der Waals surface area (Å²) in [6, 6.07) is 6.25. The van der Waals surface area contributed by atoms with Gasteiger partial charge >= 0.3 is 0 Å². The molecule has 6 nitrogen and oxygen atoms in total. The second kappa shape index (κ2) is 8.17. The molecule has 0 spiro atoms. The lowest BCUT2D eigenvalue weighted by atomic mass is 9.75. The Kier molecular flexibility index (Phi) is 5.66. The molecule has 1 atom stereocenters. The van der Waals surface area contributed by atoms with Crippen LogP contribution in [0, 0.1) is 5.92 Å². The number of nitrogens with zero attached hydrogens (tertiary/aromatic N) is 2. The molecule has 1 saturated carbocycles. The van der Waals surface area contributed by atoms with Gasteiger partial charge in [0.1, 0.15) is 5.75 Å². The summed E-state index contributed by atoms with van der Waals surface area (Å²) >= 11 is 0. The minimum atomic E-state index is -0.228. The molecule has 3 aliphatic rings. The van der Waals surface area contributed by atoms with Gasteiger partial charge in [-0.15, -0.1) is 0 Å². The number of aliphatic hydroxyl groups is 1. The molecule has 1 aromatic rings. The fraction of sp³-hybridized carbons (Fsp3) is 0.667. The highest BCUT2D eigenvalue weighted by molar-refractivity contribution is 5.78. The van der Waals surface area contributed by atoms with Crippen LogP contribution in [0.2, 0.25) is 0 Å². The SMILES string of the molecule is CN1CCCN(CC(=O)N[C@@H](c2ccc3c(c2)CCO3)C2CC(O)C2)CC1. The van der Waals surface area contributed by atoms with Crippen molar-refractivity contribution in [3.63, 3.8) is 0 Å². The van der Waals surface area contributed by atoms with Crippen molar-refractivity contribution in [3.05, 3.63) is 29.3 Å². The molecule has 148 valence electrons. The third-order valence-electron chi connectivity index (χ3n) is 6.19. The van der Waals surface area contributed by atoms with Gasteiger partial charge in [-0.25, -0.2) is 0 Å². The zero-order valence-electron chi connectivity index (χ0n) is 16.2. The van der Waals surface area contributed by atoms with Gasteiger partial charge in [0.15, 0.2) is 0 Å². The summed E-state index contributed by atoms with van der Waals surface area (Å²) in [5.74, 6) is 1.36. The van der Waals surface area contributed by atoms with Crippen molar-refractivity contribution in [1.29, 1.82) is 0 Å². The Morgan fingerprint density at radius 1 is 1.30 bits per heavy atom. The molecule has 0 aromatic heterocycles. The largest absolute Gasteiger partial charge is 0.493 e. The summed E-state index contributed by atoms with van der Waals surface area (Å²) in [6.07, 6.45) is 3.32. The number of carbonyl (C=O) groups excluding carboxylic acids is 1. The molecule has 0 unspecified atom stereocenters. The molecule has 1 aliphatic carbocycles. The standard InChI is InChI=1S/C21H31N3O3/c1-23-6-2-7-24(9-8-23)14-20(26)22-21(17-12-18(25)13-17)16-3-4-19-15(11-16)5-10-27-19/h3-4,11,17-18,21,25H,2,5-10,12-14H2,1H3,(H,22,26)/t17?,18?,21-/m0/s1. The first-order valence-corrected chi connectivity index (χ1v) is 10.2. The first-order valence-electron chi connectivity index (χ1n) is 10.2. The highest BCUT2D eigenvalue weighted by atomic mass is 16.5. The highest BCUT2D eigenvalue weighted by Gasteiger charge is 2.36. The van der Waals surface area contributed by atoms with Gasteiger partial charge in [0.2, 0.25) is 5.91 Å². The second-order valence-electron chi connectivity index (χ2n) is 8.33. The topological polar surface area (TPSA) is 65.0 Å². The van der Waals surface area contributed by atoms with Gasteiger partial charge in [0.25, 0.3) is 0 Å². The minimum absolute atomic E-state index is 0.0264. The molecule has 0 bridgehead atoms. The molecule has 1 amide bonds. The van der Waals surface area contributed by atoms with Gasteiger partial charge in [-0.2, -0.15) is 0 Å². The van der Waals surface area contributed by atoms with Crippen molar-refractivity contribution >= 4 is 5.91 Å². The van der Waals surface area contributed by atoms with Crippen LogP contribution in [0.4, 0.5) is 0 Å². The molecular weight excluding hydrogens is 342 g/mol. The number of rotatable bonds is 5. The Bertz CT molecular complexity index is 675. The number of nitrogens with one attached hydrogen (secondary N) is 1. The maximum atomic E-state index is 12.8. The molecular formula is C21H31N3O3. The molecule has 27 heavy (non-hydrogen) atoms. The number of hydrogen-bond donors (Lipinski definition) is 2. The van der Waals surface area contributed by atoms with E-state index < -0.39 is 0 Å². The Morgan fingerprint density at radius 2 is 2.15 bits per heavy atom. The summed E-state index contributed by atoms with van der Waals surface area (Å²) in [5, 5.41) is 13.1. The van der Waals surface area contributed by atoms with E-state index in [1.807, 2.05) is 6.07 Å². The average molecular weight is 373 g/mol. The van der Waals surface area contributed by atoms with E-state index in [2.05, 4.69) is 34.3 Å². The number of carbonyl (C=O) groups is 1. The molecule has 2 heterocycles. The Labute approximate surface area is 161 Å². The highest BCUT2D eigenvalue weighted by Crippen LogP contribution is 2.39. The van der Waals surface area contributed by atoms with E-state index in [0.29, 0.717) is 12.5 Å². The van der Waals surface area contributed by atoms with Crippen LogP contribution < -0.4 is 10.1 Å². The predicted molar refractivity (Wildman–Crippen MR) is 104 cm³/mol. The van der Waals surface area contributed by atoms with E-state index in [9.17, 15) is 9.90 Å². The molecule has 0 radical (unpaired) electrons. The number of likely N-dealkylation sites (N-methyl/N-ethyl adjacent to an activating group) is 1. The number of ether oxygens (including phenoxy) is 1. The van der Waals surface area contributed by atoms with Crippen LogP contribution in [-0.2, 0) is 11.2 Å². The van der Waals surface area contributed by atoms with E-state index in [0.717, 1.165) is 69.8 Å². The Hall–Kier alpha value is -1.63. The Morgan fingerprint density at radius 3 is 2.96 bits per heavy atom. The van der Waals surface area contributed by atoms with Crippen LogP contribution in [0.15, 0.2) is 18.2 Å². The third-order valence-corrected chi connectivity index (χ3v) is 6.19. The van der Waals surface area contributed by atoms with E-state index in [1.54, 1.807) is 0 Å². The first kappa shape index (κ1) is 18.7. The molecule has 4 rings (SSSR count). The maximum absolute atomic E-state index is 12.8. The van der Waals surface area contributed by atoms with Crippen molar-refractivity contribution in [3.8, 4) is 5.75 Å². The zero-order valence-corrected chi connectivity index (χ0v) is 16.2. The number of benzene rings is 1. The quantitative estimate of drug-likeness (QED) is 0.812. The van der Waals surface area contributed by atoms with Gasteiger partial charge in [-0.1, -0.05) is 6.07 Å². The van der Waals surface area contributed by atoms with Crippen LogP contribution in [0.25, 0.3) is 0 Å². The maximum Gasteiger partial charge on any atom is 0.234 e. The van der Waals surface area contributed by atoms with Crippen molar-refractivity contribution < 1.29 is 14.6 Å². The minimum Gasteiger partial charge on any atom is -0.493 e. The van der Waals surface area contributed by atoms with Gasteiger partial charge in [0, 0.05) is 19.5 Å². The lowest BCUT2D eigenvalue weighted by Gasteiger charge is -2.38. The summed E-state index contributed by atoms with van der Waals surface area (Å²) < 4.78 is 5.62. The van der Waals surface area contributed by atoms with Gasteiger partial charge in [-0.3, -0.25) is 9.69 Å². The van der Waals surface area contributed by atoms with Crippen molar-refractivity contribution in [1.82, 2.24) is 15.1 Å². The normalized spacial score (nSPS) is 27.2. The monoisotopic (exact) mass is 373 g/mol. The predicted octanol–water partition coefficient (Wildman–Crippen LogP) is 1.19. The summed E-state index contributed by atoms with van der Waals surface area (Å²) in [5.41, 5.74) is 2.36. The van der Waals surface area contributed by atoms with Gasteiger partial charge in [0.05, 0.1) is 25.3 Å². The fourth-order valence-corrected chi connectivity index (χ4v) is 4.46.